The smallest absolute Gasteiger partial charge is 0.319 e. The molecule has 0 unspecified atom stereocenters. The van der Waals surface area contributed by atoms with Gasteiger partial charge in [0, 0.05) is 22.7 Å². The lowest BCUT2D eigenvalue weighted by molar-refractivity contribution is 0.252. The Morgan fingerprint density at radius 2 is 1.70 bits per heavy atom. The van der Waals surface area contributed by atoms with Gasteiger partial charge in [0.15, 0.2) is 11.6 Å². The van der Waals surface area contributed by atoms with Crippen molar-refractivity contribution in [3.63, 3.8) is 0 Å². The number of nitrogens with one attached hydrogen (secondary N) is 2. The molecule has 2 aromatic carbocycles. The monoisotopic (exact) mass is 378 g/mol. The normalized spacial score (nSPS) is 10.5. The molecule has 0 aliphatic carbocycles. The number of hydrogen-bond acceptors (Lipinski definition) is 1. The van der Waals surface area contributed by atoms with E-state index in [1.54, 1.807) is 18.2 Å². The van der Waals surface area contributed by atoms with Crippen molar-refractivity contribution in [3.8, 4) is 0 Å². The third kappa shape index (κ3) is 4.96. The summed E-state index contributed by atoms with van der Waals surface area (Å²) in [6, 6.07) is 6.08. The van der Waals surface area contributed by atoms with Crippen molar-refractivity contribution in [2.75, 3.05) is 11.9 Å². The summed E-state index contributed by atoms with van der Waals surface area (Å²) >= 11 is 17.5. The number of carbonyl (C=O) groups excluding carboxylic acids is 1. The zero-order chi connectivity index (χ0) is 17.0. The third-order valence-electron chi connectivity index (χ3n) is 2.95. The lowest BCUT2D eigenvalue weighted by atomic mass is 10.1. The average molecular weight is 380 g/mol. The predicted molar refractivity (Wildman–Crippen MR) is 88.6 cm³/mol. The van der Waals surface area contributed by atoms with Crippen LogP contribution in [0, 0.1) is 11.6 Å². The largest absolute Gasteiger partial charge is 0.338 e. The Morgan fingerprint density at radius 1 is 1.00 bits per heavy atom. The molecule has 0 aliphatic rings. The molecule has 0 radical (unpaired) electrons. The van der Waals surface area contributed by atoms with Crippen LogP contribution in [-0.4, -0.2) is 12.6 Å². The lowest BCUT2D eigenvalue weighted by Gasteiger charge is -2.10. The summed E-state index contributed by atoms with van der Waals surface area (Å²) in [5.41, 5.74) is 0.801. The number of rotatable bonds is 4. The minimum Gasteiger partial charge on any atom is -0.338 e. The average Bonchev–Trinajstić information content (AvgIpc) is 2.47. The van der Waals surface area contributed by atoms with Gasteiger partial charge in [-0.1, -0.05) is 40.9 Å². The van der Waals surface area contributed by atoms with Gasteiger partial charge in [0.05, 0.1) is 10.7 Å². The fourth-order valence-electron chi connectivity index (χ4n) is 1.82. The zero-order valence-corrected chi connectivity index (χ0v) is 13.9. The Bertz CT molecular complexity index is 741. The van der Waals surface area contributed by atoms with E-state index in [2.05, 4.69) is 10.6 Å². The maximum atomic E-state index is 13.1. The van der Waals surface area contributed by atoms with Crippen LogP contribution in [-0.2, 0) is 6.42 Å². The van der Waals surface area contributed by atoms with E-state index in [1.165, 1.54) is 0 Å². The molecule has 0 saturated carbocycles. The third-order valence-corrected chi connectivity index (χ3v) is 3.85. The van der Waals surface area contributed by atoms with Crippen LogP contribution in [0.2, 0.25) is 15.1 Å². The van der Waals surface area contributed by atoms with Gasteiger partial charge in [-0.05, 0) is 30.2 Å². The topological polar surface area (TPSA) is 41.1 Å². The molecule has 0 spiro atoms. The number of hydrogen-bond donors (Lipinski definition) is 2. The van der Waals surface area contributed by atoms with Crippen LogP contribution in [0.1, 0.15) is 5.56 Å². The highest BCUT2D eigenvalue weighted by Crippen LogP contribution is 2.24. The van der Waals surface area contributed by atoms with Crippen molar-refractivity contribution in [2.24, 2.45) is 0 Å². The summed E-state index contributed by atoms with van der Waals surface area (Å²) in [5.74, 6) is -2.18. The van der Waals surface area contributed by atoms with Gasteiger partial charge in [-0.2, -0.15) is 0 Å². The summed E-state index contributed by atoms with van der Waals surface area (Å²) < 4.78 is 26.1. The van der Waals surface area contributed by atoms with E-state index in [0.717, 1.165) is 17.7 Å². The zero-order valence-electron chi connectivity index (χ0n) is 11.6. The molecule has 0 atom stereocenters. The van der Waals surface area contributed by atoms with Crippen molar-refractivity contribution in [1.82, 2.24) is 5.32 Å². The first kappa shape index (κ1) is 17.8. The second kappa shape index (κ2) is 7.81. The van der Waals surface area contributed by atoms with Gasteiger partial charge in [-0.15, -0.1) is 0 Å². The van der Waals surface area contributed by atoms with Gasteiger partial charge in [0.2, 0.25) is 0 Å². The standard InChI is InChI=1S/C15H11Cl3F2N2O/c16-9-2-1-8(10(17)5-9)3-4-21-15(23)22-14-7-13(20)12(19)6-11(14)18/h1-2,5-7H,3-4H2,(H2,21,22,23). The summed E-state index contributed by atoms with van der Waals surface area (Å²) in [6.07, 6.45) is 0.481. The quantitative estimate of drug-likeness (QED) is 0.696. The van der Waals surface area contributed by atoms with Gasteiger partial charge in [-0.3, -0.25) is 0 Å². The fourth-order valence-corrected chi connectivity index (χ4v) is 2.52. The number of amides is 2. The number of halogens is 5. The fraction of sp³-hybridized carbons (Fsp3) is 0.133. The SMILES string of the molecule is O=C(NCCc1ccc(Cl)cc1Cl)Nc1cc(F)c(F)cc1Cl. The Hall–Kier alpha value is -1.56. The molecule has 122 valence electrons. The first-order valence-electron chi connectivity index (χ1n) is 6.50. The maximum absolute atomic E-state index is 13.1. The van der Waals surface area contributed by atoms with Crippen molar-refractivity contribution in [2.45, 2.75) is 6.42 Å². The molecule has 8 heteroatoms. The second-order valence-corrected chi connectivity index (χ2v) is 5.86. The molecule has 2 aromatic rings. The summed E-state index contributed by atoms with van der Waals surface area (Å²) in [7, 11) is 0. The molecule has 0 bridgehead atoms. The van der Waals surface area contributed by atoms with Gasteiger partial charge in [0.25, 0.3) is 0 Å². The van der Waals surface area contributed by atoms with Crippen molar-refractivity contribution < 1.29 is 13.6 Å². The van der Waals surface area contributed by atoms with E-state index in [4.69, 9.17) is 34.8 Å². The van der Waals surface area contributed by atoms with Crippen molar-refractivity contribution in [3.05, 3.63) is 62.6 Å². The van der Waals surface area contributed by atoms with Crippen molar-refractivity contribution >= 4 is 46.5 Å². The molecule has 2 rings (SSSR count). The lowest BCUT2D eigenvalue weighted by Crippen LogP contribution is -2.30. The summed E-state index contributed by atoms with van der Waals surface area (Å²) in [5, 5.41) is 5.84. The first-order valence-corrected chi connectivity index (χ1v) is 7.63. The minimum absolute atomic E-state index is 0.0207. The van der Waals surface area contributed by atoms with Crippen LogP contribution in [0.5, 0.6) is 0 Å². The van der Waals surface area contributed by atoms with Crippen LogP contribution in [0.15, 0.2) is 30.3 Å². The molecule has 3 nitrogen and oxygen atoms in total. The maximum Gasteiger partial charge on any atom is 0.319 e. The van der Waals surface area contributed by atoms with Gasteiger partial charge >= 0.3 is 6.03 Å². The van der Waals surface area contributed by atoms with E-state index in [-0.39, 0.29) is 17.3 Å². The van der Waals surface area contributed by atoms with Crippen LogP contribution in [0.3, 0.4) is 0 Å². The van der Waals surface area contributed by atoms with E-state index in [1.807, 2.05) is 0 Å². The number of urea groups is 1. The molecular formula is C15H11Cl3F2N2O. The second-order valence-electron chi connectivity index (χ2n) is 4.61. The molecular weight excluding hydrogens is 369 g/mol. The molecule has 23 heavy (non-hydrogen) atoms. The number of carbonyl (C=O) groups is 1. The molecule has 0 heterocycles. The summed E-state index contributed by atoms with van der Waals surface area (Å²) in [6.45, 7) is 0.286. The van der Waals surface area contributed by atoms with Gasteiger partial charge < -0.3 is 10.6 Å². The Kier molecular flexibility index (Phi) is 6.04. The summed E-state index contributed by atoms with van der Waals surface area (Å²) in [4.78, 5) is 11.7. The molecule has 0 saturated heterocycles. The molecule has 2 amide bonds. The Morgan fingerprint density at radius 3 is 2.39 bits per heavy atom. The van der Waals surface area contributed by atoms with E-state index in [0.29, 0.717) is 16.5 Å². The highest BCUT2D eigenvalue weighted by molar-refractivity contribution is 6.35. The Balaban J connectivity index is 1.89. The van der Waals surface area contributed by atoms with Crippen LogP contribution >= 0.6 is 34.8 Å². The van der Waals surface area contributed by atoms with E-state index >= 15 is 0 Å². The number of benzene rings is 2. The number of anilines is 1. The molecule has 0 aromatic heterocycles. The first-order chi connectivity index (χ1) is 10.9. The minimum atomic E-state index is -1.10. The van der Waals surface area contributed by atoms with E-state index < -0.39 is 17.7 Å². The van der Waals surface area contributed by atoms with Gasteiger partial charge in [-0.25, -0.2) is 13.6 Å². The highest BCUT2D eigenvalue weighted by Gasteiger charge is 2.11. The van der Waals surface area contributed by atoms with Crippen LogP contribution in [0.25, 0.3) is 0 Å². The molecule has 0 fully saturated rings. The Labute approximate surface area is 146 Å². The van der Waals surface area contributed by atoms with E-state index in [9.17, 15) is 13.6 Å². The molecule has 2 N–H and O–H groups in total. The van der Waals surface area contributed by atoms with Crippen LogP contribution in [0.4, 0.5) is 19.3 Å². The predicted octanol–water partition coefficient (Wildman–Crippen LogP) is 5.29. The highest BCUT2D eigenvalue weighted by atomic mass is 35.5. The molecule has 0 aliphatic heterocycles. The van der Waals surface area contributed by atoms with Crippen LogP contribution < -0.4 is 10.6 Å². The van der Waals surface area contributed by atoms with Crippen molar-refractivity contribution in [1.29, 1.82) is 0 Å². The van der Waals surface area contributed by atoms with Gasteiger partial charge in [0.1, 0.15) is 0 Å².